The van der Waals surface area contributed by atoms with Crippen LogP contribution in [0.2, 0.25) is 0 Å². The Hall–Kier alpha value is -0.940. The van der Waals surface area contributed by atoms with E-state index in [-0.39, 0.29) is 18.3 Å². The van der Waals surface area contributed by atoms with Gasteiger partial charge >= 0.3 is 5.97 Å². The molecule has 1 aromatic rings. The molecule has 0 bridgehead atoms. The highest BCUT2D eigenvalue weighted by atomic mass is 79.9. The molecule has 1 aliphatic heterocycles. The predicted molar refractivity (Wildman–Crippen MR) is 74.5 cm³/mol. The molecule has 1 fully saturated rings. The van der Waals surface area contributed by atoms with Crippen LogP contribution in [0.25, 0.3) is 0 Å². The standard InChI is InChI=1S/C14H17BrFNO2/c15-10-4-5-12(16)11(8-10)13(9-14(18)19)17-6-2-1-3-7-17/h4-5,8,13H,1-3,6-7,9H2,(H,18,19). The molecule has 0 saturated carbocycles. The number of carbonyl (C=O) groups is 1. The second kappa shape index (κ2) is 6.48. The Balaban J connectivity index is 2.29. The highest BCUT2D eigenvalue weighted by Crippen LogP contribution is 2.31. The van der Waals surface area contributed by atoms with Gasteiger partial charge in [0.25, 0.3) is 0 Å². The molecule has 0 spiro atoms. The van der Waals surface area contributed by atoms with Crippen molar-refractivity contribution in [1.29, 1.82) is 0 Å². The second-order valence-corrected chi connectivity index (χ2v) is 5.79. The van der Waals surface area contributed by atoms with E-state index in [0.717, 1.165) is 36.8 Å². The number of piperidine rings is 1. The smallest absolute Gasteiger partial charge is 0.305 e. The Bertz CT molecular complexity index is 461. The first-order valence-corrected chi connectivity index (χ1v) is 7.28. The van der Waals surface area contributed by atoms with E-state index in [4.69, 9.17) is 5.11 Å². The lowest BCUT2D eigenvalue weighted by molar-refractivity contribution is -0.138. The molecular weight excluding hydrogens is 313 g/mol. The summed E-state index contributed by atoms with van der Waals surface area (Å²) in [4.78, 5) is 13.1. The van der Waals surface area contributed by atoms with Crippen molar-refractivity contribution >= 4 is 21.9 Å². The number of hydrogen-bond donors (Lipinski definition) is 1. The first-order chi connectivity index (χ1) is 9.08. The summed E-state index contributed by atoms with van der Waals surface area (Å²) >= 11 is 3.32. The van der Waals surface area contributed by atoms with Crippen LogP contribution in [0.3, 0.4) is 0 Å². The maximum absolute atomic E-state index is 14.0. The van der Waals surface area contributed by atoms with Gasteiger partial charge in [0.15, 0.2) is 0 Å². The molecule has 104 valence electrons. The lowest BCUT2D eigenvalue weighted by Crippen LogP contribution is -2.35. The van der Waals surface area contributed by atoms with Crippen LogP contribution in [0.4, 0.5) is 4.39 Å². The van der Waals surface area contributed by atoms with Gasteiger partial charge in [-0.2, -0.15) is 0 Å². The molecular formula is C14H17BrFNO2. The quantitative estimate of drug-likeness (QED) is 0.917. The summed E-state index contributed by atoms with van der Waals surface area (Å²) in [5, 5.41) is 9.08. The Morgan fingerprint density at radius 1 is 1.37 bits per heavy atom. The molecule has 1 N–H and O–H groups in total. The number of carboxylic acid groups (broad SMARTS) is 1. The molecule has 0 radical (unpaired) electrons. The third-order valence-electron chi connectivity index (χ3n) is 3.52. The van der Waals surface area contributed by atoms with Crippen LogP contribution in [0.5, 0.6) is 0 Å². The highest BCUT2D eigenvalue weighted by molar-refractivity contribution is 9.10. The summed E-state index contributed by atoms with van der Waals surface area (Å²) in [7, 11) is 0. The molecule has 2 rings (SSSR count). The van der Waals surface area contributed by atoms with Crippen molar-refractivity contribution in [2.75, 3.05) is 13.1 Å². The zero-order valence-electron chi connectivity index (χ0n) is 10.6. The Morgan fingerprint density at radius 2 is 2.05 bits per heavy atom. The van der Waals surface area contributed by atoms with Crippen LogP contribution in [0.1, 0.15) is 37.3 Å². The first-order valence-electron chi connectivity index (χ1n) is 6.48. The normalized spacial score (nSPS) is 18.2. The molecule has 1 unspecified atom stereocenters. The number of aliphatic carboxylic acids is 1. The van der Waals surface area contributed by atoms with Crippen LogP contribution in [-0.4, -0.2) is 29.1 Å². The van der Waals surface area contributed by atoms with Gasteiger partial charge in [-0.1, -0.05) is 22.4 Å². The van der Waals surface area contributed by atoms with E-state index in [9.17, 15) is 9.18 Å². The third kappa shape index (κ3) is 3.76. The second-order valence-electron chi connectivity index (χ2n) is 4.88. The Morgan fingerprint density at radius 3 is 2.68 bits per heavy atom. The number of likely N-dealkylation sites (tertiary alicyclic amines) is 1. The number of nitrogens with zero attached hydrogens (tertiary/aromatic N) is 1. The van der Waals surface area contributed by atoms with Crippen LogP contribution in [-0.2, 0) is 4.79 Å². The largest absolute Gasteiger partial charge is 0.481 e. The average molecular weight is 330 g/mol. The van der Waals surface area contributed by atoms with Crippen LogP contribution >= 0.6 is 15.9 Å². The Kier molecular flexibility index (Phi) is 4.93. The van der Waals surface area contributed by atoms with Gasteiger partial charge in [-0.25, -0.2) is 4.39 Å². The van der Waals surface area contributed by atoms with Gasteiger partial charge in [-0.15, -0.1) is 0 Å². The zero-order valence-corrected chi connectivity index (χ0v) is 12.2. The topological polar surface area (TPSA) is 40.5 Å². The zero-order chi connectivity index (χ0) is 13.8. The van der Waals surface area contributed by atoms with Gasteiger partial charge < -0.3 is 5.11 Å². The van der Waals surface area contributed by atoms with E-state index >= 15 is 0 Å². The number of carboxylic acids is 1. The lowest BCUT2D eigenvalue weighted by Gasteiger charge is -2.34. The molecule has 1 aliphatic rings. The molecule has 1 atom stereocenters. The minimum Gasteiger partial charge on any atom is -0.481 e. The van der Waals surface area contributed by atoms with Crippen molar-refractivity contribution in [3.63, 3.8) is 0 Å². The molecule has 19 heavy (non-hydrogen) atoms. The summed E-state index contributed by atoms with van der Waals surface area (Å²) in [6.45, 7) is 1.67. The van der Waals surface area contributed by atoms with Crippen molar-refractivity contribution < 1.29 is 14.3 Å². The van der Waals surface area contributed by atoms with Gasteiger partial charge in [0.05, 0.1) is 6.42 Å². The van der Waals surface area contributed by atoms with E-state index < -0.39 is 5.97 Å². The fourth-order valence-electron chi connectivity index (χ4n) is 2.60. The summed E-state index contributed by atoms with van der Waals surface area (Å²) in [5.74, 6) is -1.23. The van der Waals surface area contributed by atoms with E-state index in [1.807, 2.05) is 0 Å². The van der Waals surface area contributed by atoms with Gasteiger partial charge in [0.1, 0.15) is 5.82 Å². The number of halogens is 2. The fourth-order valence-corrected chi connectivity index (χ4v) is 2.98. The van der Waals surface area contributed by atoms with Gasteiger partial charge in [-0.05, 0) is 44.1 Å². The van der Waals surface area contributed by atoms with E-state index in [1.165, 1.54) is 6.07 Å². The van der Waals surface area contributed by atoms with Gasteiger partial charge in [0.2, 0.25) is 0 Å². The SMILES string of the molecule is O=C(O)CC(c1cc(Br)ccc1F)N1CCCCC1. The number of hydrogen-bond acceptors (Lipinski definition) is 2. The summed E-state index contributed by atoms with van der Waals surface area (Å²) in [6, 6.07) is 4.33. The van der Waals surface area contributed by atoms with Crippen LogP contribution in [0, 0.1) is 5.82 Å². The van der Waals surface area contributed by atoms with Gasteiger partial charge in [0, 0.05) is 16.1 Å². The van der Waals surface area contributed by atoms with E-state index in [2.05, 4.69) is 20.8 Å². The Labute approximate surface area is 120 Å². The van der Waals surface area contributed by atoms with Crippen LogP contribution < -0.4 is 0 Å². The van der Waals surface area contributed by atoms with Crippen molar-refractivity contribution in [2.45, 2.75) is 31.7 Å². The maximum atomic E-state index is 14.0. The summed E-state index contributed by atoms with van der Waals surface area (Å²) < 4.78 is 14.8. The van der Waals surface area contributed by atoms with E-state index in [1.54, 1.807) is 12.1 Å². The number of benzene rings is 1. The minimum atomic E-state index is -0.894. The molecule has 0 aromatic heterocycles. The molecule has 1 saturated heterocycles. The first kappa shape index (κ1) is 14.5. The molecule has 1 aromatic carbocycles. The third-order valence-corrected chi connectivity index (χ3v) is 4.01. The molecule has 0 aliphatic carbocycles. The minimum absolute atomic E-state index is 0.0621. The van der Waals surface area contributed by atoms with Crippen LogP contribution in [0.15, 0.2) is 22.7 Å². The summed E-state index contributed by atoms with van der Waals surface area (Å²) in [6.07, 6.45) is 3.20. The van der Waals surface area contributed by atoms with E-state index in [0.29, 0.717) is 5.56 Å². The average Bonchev–Trinajstić information content (AvgIpc) is 2.40. The lowest BCUT2D eigenvalue weighted by atomic mass is 9.98. The molecule has 5 heteroatoms. The highest BCUT2D eigenvalue weighted by Gasteiger charge is 2.26. The van der Waals surface area contributed by atoms with Gasteiger partial charge in [-0.3, -0.25) is 9.69 Å². The monoisotopic (exact) mass is 329 g/mol. The fraction of sp³-hybridized carbons (Fsp3) is 0.500. The maximum Gasteiger partial charge on any atom is 0.305 e. The predicted octanol–water partition coefficient (Wildman–Crippen LogP) is 3.59. The number of rotatable bonds is 4. The molecule has 0 amide bonds. The van der Waals surface area contributed by atoms with Crippen molar-refractivity contribution in [3.8, 4) is 0 Å². The molecule has 1 heterocycles. The summed E-state index contributed by atoms with van der Waals surface area (Å²) in [5.41, 5.74) is 0.471. The van der Waals surface area contributed by atoms with Crippen molar-refractivity contribution in [1.82, 2.24) is 4.90 Å². The van der Waals surface area contributed by atoms with Crippen molar-refractivity contribution in [2.24, 2.45) is 0 Å². The van der Waals surface area contributed by atoms with Crippen molar-refractivity contribution in [3.05, 3.63) is 34.1 Å². The molecule has 3 nitrogen and oxygen atoms in total.